The number of nitrogens with zero attached hydrogens (tertiary/aromatic N) is 1. The summed E-state index contributed by atoms with van der Waals surface area (Å²) in [6.45, 7) is 0.697. The number of hydrogen-bond acceptors (Lipinski definition) is 2. The first-order valence-corrected chi connectivity index (χ1v) is 5.40. The molecule has 4 nitrogen and oxygen atoms in total. The Balaban J connectivity index is 2.63. The number of likely N-dealkylation sites (tertiary alicyclic amines) is 1. The van der Waals surface area contributed by atoms with E-state index in [0.717, 1.165) is 12.8 Å². The molecule has 0 unspecified atom stereocenters. The van der Waals surface area contributed by atoms with Crippen LogP contribution >= 0.6 is 15.9 Å². The zero-order valence-electron chi connectivity index (χ0n) is 7.55. The van der Waals surface area contributed by atoms with E-state index in [-0.39, 0.29) is 17.9 Å². The van der Waals surface area contributed by atoms with Crippen LogP contribution in [0.25, 0.3) is 0 Å². The van der Waals surface area contributed by atoms with Crippen molar-refractivity contribution >= 4 is 27.7 Å². The third-order valence-electron chi connectivity index (χ3n) is 2.24. The van der Waals surface area contributed by atoms with Crippen LogP contribution < -0.4 is 5.32 Å². The molecule has 13 heavy (non-hydrogen) atoms. The monoisotopic (exact) mass is 248 g/mol. The Morgan fingerprint density at radius 3 is 2.85 bits per heavy atom. The third kappa shape index (κ3) is 2.21. The molecule has 1 fully saturated rings. The maximum Gasteiger partial charge on any atom is 0.242 e. The highest BCUT2D eigenvalue weighted by Crippen LogP contribution is 2.17. The molecule has 2 amide bonds. The molecule has 0 aromatic carbocycles. The molecular weight excluding hydrogens is 236 g/mol. The van der Waals surface area contributed by atoms with Crippen LogP contribution in [0, 0.1) is 0 Å². The van der Waals surface area contributed by atoms with Crippen molar-refractivity contribution < 1.29 is 9.59 Å². The van der Waals surface area contributed by atoms with Gasteiger partial charge in [-0.3, -0.25) is 9.59 Å². The number of nitrogens with one attached hydrogen (secondary N) is 1. The second kappa shape index (κ2) is 4.60. The van der Waals surface area contributed by atoms with E-state index in [4.69, 9.17) is 0 Å². The normalized spacial score (nSPS) is 21.7. The van der Waals surface area contributed by atoms with Gasteiger partial charge in [0.15, 0.2) is 0 Å². The number of rotatable bonds is 2. The summed E-state index contributed by atoms with van der Waals surface area (Å²) in [5, 5.41) is 2.86. The molecule has 1 aliphatic heterocycles. The van der Waals surface area contributed by atoms with Gasteiger partial charge in [-0.2, -0.15) is 0 Å². The smallest absolute Gasteiger partial charge is 0.242 e. The van der Waals surface area contributed by atoms with Crippen molar-refractivity contribution in [3.63, 3.8) is 0 Å². The maximum atomic E-state index is 11.3. The molecular formula is C8H13BrN2O2. The summed E-state index contributed by atoms with van der Waals surface area (Å²) in [4.78, 5) is 24.3. The van der Waals surface area contributed by atoms with Crippen LogP contribution in [0.2, 0.25) is 0 Å². The van der Waals surface area contributed by atoms with E-state index in [1.54, 1.807) is 11.9 Å². The fraction of sp³-hybridized carbons (Fsp3) is 0.750. The molecule has 1 saturated heterocycles. The average Bonchev–Trinajstić information content (AvgIpc) is 2.63. The maximum absolute atomic E-state index is 11.3. The van der Waals surface area contributed by atoms with Gasteiger partial charge >= 0.3 is 0 Å². The summed E-state index contributed by atoms with van der Waals surface area (Å²) < 4.78 is 0. The molecule has 1 N–H and O–H groups in total. The first kappa shape index (κ1) is 10.5. The first-order valence-electron chi connectivity index (χ1n) is 4.27. The summed E-state index contributed by atoms with van der Waals surface area (Å²) in [6, 6.07) is -0.255. The summed E-state index contributed by atoms with van der Waals surface area (Å²) in [7, 11) is 1.59. The van der Waals surface area contributed by atoms with E-state index < -0.39 is 0 Å². The largest absolute Gasteiger partial charge is 0.357 e. The van der Waals surface area contributed by atoms with Crippen LogP contribution in [0.1, 0.15) is 12.8 Å². The highest BCUT2D eigenvalue weighted by Gasteiger charge is 2.32. The van der Waals surface area contributed by atoms with Gasteiger partial charge in [0.05, 0.1) is 5.33 Å². The third-order valence-corrected chi connectivity index (χ3v) is 2.72. The lowest BCUT2D eigenvalue weighted by molar-refractivity contribution is -0.136. The lowest BCUT2D eigenvalue weighted by Crippen LogP contribution is -2.45. The van der Waals surface area contributed by atoms with Crippen LogP contribution in [0.3, 0.4) is 0 Å². The summed E-state index contributed by atoms with van der Waals surface area (Å²) in [5.41, 5.74) is 0. The Labute approximate surface area is 85.8 Å². The fourth-order valence-corrected chi connectivity index (χ4v) is 1.90. The minimum atomic E-state index is -0.255. The van der Waals surface area contributed by atoms with Gasteiger partial charge in [0.2, 0.25) is 11.8 Å². The van der Waals surface area contributed by atoms with E-state index in [2.05, 4.69) is 21.2 Å². The minimum absolute atomic E-state index is 0.00824. The molecule has 0 saturated carbocycles. The molecule has 0 aromatic heterocycles. The van der Waals surface area contributed by atoms with E-state index in [1.807, 2.05) is 0 Å². The zero-order valence-corrected chi connectivity index (χ0v) is 9.13. The van der Waals surface area contributed by atoms with Crippen molar-refractivity contribution in [2.24, 2.45) is 0 Å². The average molecular weight is 249 g/mol. The summed E-state index contributed by atoms with van der Waals surface area (Å²) in [6.07, 6.45) is 1.69. The van der Waals surface area contributed by atoms with E-state index in [9.17, 15) is 9.59 Å². The molecule has 0 radical (unpaired) electrons. The number of hydrogen-bond donors (Lipinski definition) is 1. The van der Waals surface area contributed by atoms with Crippen LogP contribution in [0.5, 0.6) is 0 Å². The lowest BCUT2D eigenvalue weighted by atomic mass is 10.2. The van der Waals surface area contributed by atoms with Crippen molar-refractivity contribution in [3.8, 4) is 0 Å². The summed E-state index contributed by atoms with van der Waals surface area (Å²) >= 11 is 3.10. The number of likely N-dealkylation sites (N-methyl/N-ethyl adjacent to an activating group) is 1. The van der Waals surface area contributed by atoms with Crippen LogP contribution in [-0.4, -0.2) is 41.7 Å². The molecule has 1 heterocycles. The van der Waals surface area contributed by atoms with Crippen molar-refractivity contribution in [1.82, 2.24) is 10.2 Å². The lowest BCUT2D eigenvalue weighted by Gasteiger charge is -2.22. The minimum Gasteiger partial charge on any atom is -0.357 e. The second-order valence-electron chi connectivity index (χ2n) is 2.99. The number of halogens is 1. The van der Waals surface area contributed by atoms with Gasteiger partial charge in [-0.25, -0.2) is 0 Å². The molecule has 1 rings (SSSR count). The second-order valence-corrected chi connectivity index (χ2v) is 3.55. The van der Waals surface area contributed by atoms with Gasteiger partial charge in [0, 0.05) is 13.6 Å². The number of carbonyl (C=O) groups excluding carboxylic acids is 2. The van der Waals surface area contributed by atoms with Crippen molar-refractivity contribution in [3.05, 3.63) is 0 Å². The number of amides is 2. The van der Waals surface area contributed by atoms with Crippen molar-refractivity contribution in [1.29, 1.82) is 0 Å². The zero-order chi connectivity index (χ0) is 9.84. The van der Waals surface area contributed by atoms with Crippen LogP contribution in [0.15, 0.2) is 0 Å². The Hall–Kier alpha value is -0.580. The number of carbonyl (C=O) groups is 2. The van der Waals surface area contributed by atoms with Crippen molar-refractivity contribution in [2.45, 2.75) is 18.9 Å². The van der Waals surface area contributed by atoms with Gasteiger partial charge in [0.1, 0.15) is 6.04 Å². The first-order chi connectivity index (χ1) is 6.20. The molecule has 1 aliphatic rings. The molecule has 0 aromatic rings. The highest BCUT2D eigenvalue weighted by molar-refractivity contribution is 9.09. The topological polar surface area (TPSA) is 49.4 Å². The molecule has 0 spiro atoms. The highest BCUT2D eigenvalue weighted by atomic mass is 79.9. The van der Waals surface area contributed by atoms with Gasteiger partial charge < -0.3 is 10.2 Å². The van der Waals surface area contributed by atoms with Gasteiger partial charge in [0.25, 0.3) is 0 Å². The number of alkyl halides is 1. The van der Waals surface area contributed by atoms with E-state index in [1.165, 1.54) is 0 Å². The molecule has 1 atom stereocenters. The predicted octanol–water partition coefficient (Wildman–Crippen LogP) is 0.118. The summed E-state index contributed by atoms with van der Waals surface area (Å²) in [5.74, 6) is -0.0714. The van der Waals surface area contributed by atoms with Crippen LogP contribution in [-0.2, 0) is 9.59 Å². The molecule has 0 bridgehead atoms. The molecule has 0 aliphatic carbocycles. The van der Waals surface area contributed by atoms with Crippen molar-refractivity contribution in [2.75, 3.05) is 18.9 Å². The predicted molar refractivity (Wildman–Crippen MR) is 52.6 cm³/mol. The Bertz CT molecular complexity index is 198. The molecule has 5 heteroatoms. The fourth-order valence-electron chi connectivity index (χ4n) is 1.58. The Morgan fingerprint density at radius 2 is 2.31 bits per heavy atom. The Morgan fingerprint density at radius 1 is 1.62 bits per heavy atom. The van der Waals surface area contributed by atoms with E-state index >= 15 is 0 Å². The SMILES string of the molecule is CNC(=O)[C@@H]1CCCN1C(=O)CBr. The van der Waals surface area contributed by atoms with Gasteiger partial charge in [-0.1, -0.05) is 15.9 Å². The van der Waals surface area contributed by atoms with E-state index in [0.29, 0.717) is 11.9 Å². The van der Waals surface area contributed by atoms with Gasteiger partial charge in [-0.15, -0.1) is 0 Å². The van der Waals surface area contributed by atoms with Gasteiger partial charge in [-0.05, 0) is 12.8 Å². The molecule has 74 valence electrons. The Kier molecular flexibility index (Phi) is 3.71. The standard InChI is InChI=1S/C8H13BrN2O2/c1-10-8(13)6-3-2-4-11(6)7(12)5-9/h6H,2-5H2,1H3,(H,10,13)/t6-/m0/s1. The quantitative estimate of drug-likeness (QED) is 0.706. The van der Waals surface area contributed by atoms with Crippen LogP contribution in [0.4, 0.5) is 0 Å².